The molecule has 254 valence electrons. The number of esters is 1. The highest BCUT2D eigenvalue weighted by molar-refractivity contribution is 7.98. The number of carbonyl (C=O) groups excluding carboxylic acids is 4. The number of phenols is 1. The Hall–Kier alpha value is -3.73. The van der Waals surface area contributed by atoms with E-state index in [2.05, 4.69) is 10.6 Å². The fraction of sp³-hybridized carbons (Fsp3) is 0.543. The molecule has 0 spiro atoms. The Morgan fingerprint density at radius 1 is 0.804 bits per heavy atom. The Morgan fingerprint density at radius 2 is 1.37 bits per heavy atom. The van der Waals surface area contributed by atoms with Gasteiger partial charge in [-0.3, -0.25) is 9.59 Å². The summed E-state index contributed by atoms with van der Waals surface area (Å²) in [5.41, 5.74) is -1.32. The molecule has 3 N–H and O–H groups in total. The summed E-state index contributed by atoms with van der Waals surface area (Å²) < 4.78 is 11.1. The van der Waals surface area contributed by atoms with Crippen LogP contribution in [-0.4, -0.2) is 74.7 Å². The Balaban J connectivity index is 2.63. The summed E-state index contributed by atoms with van der Waals surface area (Å²) in [6, 6.07) is 11.9. The van der Waals surface area contributed by atoms with Crippen LogP contribution >= 0.6 is 11.8 Å². The molecule has 0 heterocycles. The summed E-state index contributed by atoms with van der Waals surface area (Å²) in [6.45, 7) is 15.8. The van der Waals surface area contributed by atoms with E-state index < -0.39 is 58.7 Å². The molecule has 0 saturated heterocycles. The van der Waals surface area contributed by atoms with E-state index in [1.165, 1.54) is 28.8 Å². The predicted molar refractivity (Wildman–Crippen MR) is 182 cm³/mol. The average Bonchev–Trinajstić information content (AvgIpc) is 2.91. The first kappa shape index (κ1) is 38.5. The number of rotatable bonds is 12. The van der Waals surface area contributed by atoms with Gasteiger partial charge in [0.1, 0.15) is 35.1 Å². The number of nitrogens with zero attached hydrogens (tertiary/aromatic N) is 1. The largest absolute Gasteiger partial charge is 0.508 e. The van der Waals surface area contributed by atoms with Crippen molar-refractivity contribution in [2.45, 2.75) is 110 Å². The van der Waals surface area contributed by atoms with Gasteiger partial charge in [-0.1, -0.05) is 42.5 Å². The number of benzene rings is 2. The van der Waals surface area contributed by atoms with Gasteiger partial charge in [0.15, 0.2) is 0 Å². The summed E-state index contributed by atoms with van der Waals surface area (Å²) in [6.07, 6.45) is 1.58. The molecular weight excluding hydrogens is 606 g/mol. The molecule has 0 aromatic heterocycles. The summed E-state index contributed by atoms with van der Waals surface area (Å²) in [7, 11) is 0. The van der Waals surface area contributed by atoms with Crippen LogP contribution in [0.5, 0.6) is 5.75 Å². The monoisotopic (exact) mass is 657 g/mol. The molecule has 2 rings (SSSR count). The minimum atomic E-state index is -1.24. The third-order valence-electron chi connectivity index (χ3n) is 6.57. The number of thioether (sulfide) groups is 1. The lowest BCUT2D eigenvalue weighted by Crippen LogP contribution is -2.59. The Kier molecular flexibility index (Phi) is 13.5. The number of ether oxygens (including phenoxy) is 2. The van der Waals surface area contributed by atoms with E-state index in [1.54, 1.807) is 74.4 Å². The van der Waals surface area contributed by atoms with E-state index in [4.69, 9.17) is 9.47 Å². The zero-order valence-corrected chi connectivity index (χ0v) is 29.6. The molecule has 3 unspecified atom stereocenters. The molecule has 0 radical (unpaired) electrons. The maximum absolute atomic E-state index is 14.5. The second kappa shape index (κ2) is 16.2. The molecule has 0 aliphatic rings. The van der Waals surface area contributed by atoms with Crippen LogP contribution in [0.3, 0.4) is 0 Å². The summed E-state index contributed by atoms with van der Waals surface area (Å²) in [5.74, 6) is -1.21. The van der Waals surface area contributed by atoms with Gasteiger partial charge in [-0.05, 0) is 104 Å². The highest BCUT2D eigenvalue weighted by atomic mass is 32.2. The van der Waals surface area contributed by atoms with Gasteiger partial charge < -0.3 is 30.1 Å². The van der Waals surface area contributed by atoms with Crippen LogP contribution in [0.1, 0.15) is 85.9 Å². The molecule has 10 nitrogen and oxygen atoms in total. The number of alkyl carbamates (subject to hydrolysis) is 1. The number of nitrogens with one attached hydrogen (secondary N) is 2. The van der Waals surface area contributed by atoms with Crippen molar-refractivity contribution in [3.63, 3.8) is 0 Å². The van der Waals surface area contributed by atoms with Gasteiger partial charge in [-0.15, -0.1) is 0 Å². The van der Waals surface area contributed by atoms with E-state index >= 15 is 0 Å². The molecule has 2 aromatic carbocycles. The number of carbonyl (C=O) groups is 4. The van der Waals surface area contributed by atoms with Crippen molar-refractivity contribution in [3.05, 3.63) is 65.7 Å². The van der Waals surface area contributed by atoms with Crippen LogP contribution in [0.25, 0.3) is 0 Å². The molecule has 3 atom stereocenters. The van der Waals surface area contributed by atoms with Crippen LogP contribution in [-0.2, 0) is 30.3 Å². The first-order valence-corrected chi connectivity index (χ1v) is 16.8. The van der Waals surface area contributed by atoms with E-state index in [1.807, 2.05) is 36.6 Å². The molecule has 46 heavy (non-hydrogen) atoms. The second-order valence-corrected chi connectivity index (χ2v) is 15.1. The molecule has 0 saturated carbocycles. The third-order valence-corrected chi connectivity index (χ3v) is 7.21. The highest BCUT2D eigenvalue weighted by Crippen LogP contribution is 2.32. The number of aromatic hydroxyl groups is 1. The van der Waals surface area contributed by atoms with Gasteiger partial charge in [0.05, 0.1) is 0 Å². The molecule has 0 aliphatic carbocycles. The smallest absolute Gasteiger partial charge is 0.408 e. The van der Waals surface area contributed by atoms with E-state index in [-0.39, 0.29) is 18.6 Å². The van der Waals surface area contributed by atoms with Crippen LogP contribution in [0.4, 0.5) is 4.79 Å². The van der Waals surface area contributed by atoms with Crippen LogP contribution in [0.2, 0.25) is 0 Å². The Labute approximate surface area is 278 Å². The molecule has 11 heteroatoms. The first-order valence-electron chi connectivity index (χ1n) is 15.4. The van der Waals surface area contributed by atoms with Crippen molar-refractivity contribution in [2.75, 3.05) is 12.0 Å². The maximum atomic E-state index is 14.5. The summed E-state index contributed by atoms with van der Waals surface area (Å²) >= 11 is 1.52. The van der Waals surface area contributed by atoms with E-state index in [0.29, 0.717) is 11.3 Å². The van der Waals surface area contributed by atoms with E-state index in [0.717, 1.165) is 5.56 Å². The molecular formula is C35H51N3O7S. The number of phenolic OH excluding ortho intramolecular Hbond substituents is 1. The minimum absolute atomic E-state index is 0.0170. The van der Waals surface area contributed by atoms with Gasteiger partial charge in [-0.2, -0.15) is 11.8 Å². The van der Waals surface area contributed by atoms with Gasteiger partial charge in [0.2, 0.25) is 11.8 Å². The van der Waals surface area contributed by atoms with Crippen molar-refractivity contribution >= 4 is 35.6 Å². The standard InChI is InChI=1S/C35H51N3O7S/c1-33(2,3)38(30(41)26(20-21-46-10)37-32(43)45-35(7,8)9)28(24-16-18-25(39)19-17-24)29(40)36-27(31(42)44-34(4,5)6)22-23-14-12-11-13-15-23/h11-19,26-28,39H,20-22H2,1-10H3,(H,36,40)(H,37,43). The fourth-order valence-corrected chi connectivity index (χ4v) is 5.17. The lowest BCUT2D eigenvalue weighted by Gasteiger charge is -2.43. The first-order chi connectivity index (χ1) is 21.2. The Bertz CT molecular complexity index is 1310. The second-order valence-electron chi connectivity index (χ2n) is 14.1. The lowest BCUT2D eigenvalue weighted by atomic mass is 9.94. The topological polar surface area (TPSA) is 134 Å². The maximum Gasteiger partial charge on any atom is 0.408 e. The van der Waals surface area contributed by atoms with Crippen molar-refractivity contribution in [2.24, 2.45) is 0 Å². The summed E-state index contributed by atoms with van der Waals surface area (Å²) in [4.78, 5) is 56.7. The van der Waals surface area contributed by atoms with Gasteiger partial charge >= 0.3 is 12.1 Å². The van der Waals surface area contributed by atoms with Gasteiger partial charge in [0, 0.05) is 12.0 Å². The zero-order chi connectivity index (χ0) is 34.9. The minimum Gasteiger partial charge on any atom is -0.508 e. The summed E-state index contributed by atoms with van der Waals surface area (Å²) in [5, 5.41) is 15.6. The predicted octanol–water partition coefficient (Wildman–Crippen LogP) is 5.78. The Morgan fingerprint density at radius 3 is 1.87 bits per heavy atom. The van der Waals surface area contributed by atoms with Crippen LogP contribution in [0, 0.1) is 0 Å². The van der Waals surface area contributed by atoms with Gasteiger partial charge in [0.25, 0.3) is 0 Å². The SMILES string of the molecule is CSCCC(NC(=O)OC(C)(C)C)C(=O)N(C(C(=O)NC(Cc1ccccc1)C(=O)OC(C)(C)C)c1ccc(O)cc1)C(C)(C)C. The van der Waals surface area contributed by atoms with Crippen LogP contribution in [0.15, 0.2) is 54.6 Å². The highest BCUT2D eigenvalue weighted by Gasteiger charge is 2.43. The molecule has 0 fully saturated rings. The van der Waals surface area contributed by atoms with Crippen molar-refractivity contribution in [1.82, 2.24) is 15.5 Å². The third kappa shape index (κ3) is 12.6. The fourth-order valence-electron chi connectivity index (χ4n) is 4.70. The van der Waals surface area contributed by atoms with Crippen molar-refractivity contribution in [1.29, 1.82) is 0 Å². The number of amides is 3. The molecule has 0 aliphatic heterocycles. The number of hydrogen-bond acceptors (Lipinski definition) is 8. The van der Waals surface area contributed by atoms with Crippen molar-refractivity contribution in [3.8, 4) is 5.75 Å². The van der Waals surface area contributed by atoms with Crippen molar-refractivity contribution < 1.29 is 33.8 Å². The van der Waals surface area contributed by atoms with Crippen LogP contribution < -0.4 is 10.6 Å². The zero-order valence-electron chi connectivity index (χ0n) is 28.8. The molecule has 0 bridgehead atoms. The quantitative estimate of drug-likeness (QED) is 0.245. The molecule has 2 aromatic rings. The van der Waals surface area contributed by atoms with E-state index in [9.17, 15) is 24.3 Å². The lowest BCUT2D eigenvalue weighted by molar-refractivity contribution is -0.159. The normalized spacial score (nSPS) is 14.0. The average molecular weight is 658 g/mol. The van der Waals surface area contributed by atoms with Gasteiger partial charge in [-0.25, -0.2) is 9.59 Å². The number of hydrogen-bond donors (Lipinski definition) is 3. The molecule has 3 amide bonds.